The van der Waals surface area contributed by atoms with Gasteiger partial charge in [0, 0.05) is 23.0 Å². The van der Waals surface area contributed by atoms with Crippen LogP contribution in [0.2, 0.25) is 0 Å². The molecule has 1 atom stereocenters. The second-order valence-electron chi connectivity index (χ2n) is 11.6. The van der Waals surface area contributed by atoms with E-state index in [1.54, 1.807) is 12.1 Å². The molecule has 220 valence electrons. The van der Waals surface area contributed by atoms with Gasteiger partial charge in [0.25, 0.3) is 0 Å². The molecule has 0 aliphatic rings. The van der Waals surface area contributed by atoms with Crippen molar-refractivity contribution in [3.63, 3.8) is 0 Å². The fourth-order valence-corrected chi connectivity index (χ4v) is 5.95. The molecule has 7 nitrogen and oxygen atoms in total. The molecule has 0 spiro atoms. The van der Waals surface area contributed by atoms with Crippen molar-refractivity contribution in [3.8, 4) is 0 Å². The maximum atomic E-state index is 14.3. The van der Waals surface area contributed by atoms with Gasteiger partial charge < -0.3 is 10.2 Å². The third-order valence-electron chi connectivity index (χ3n) is 6.52. The molecule has 1 N–H and O–H groups in total. The first-order chi connectivity index (χ1) is 19.2. The fraction of sp³-hybridized carbons (Fsp3) is 0.375. The third kappa shape index (κ3) is 9.43. The SMILES string of the molecule is CC(C)c1ccccc1N(CC(=O)N(Cc1cccc(Br)c1)[C@H](Cc1ccccc1)C(=O)NC(C)(C)C)S(C)(=O)=O. The van der Waals surface area contributed by atoms with Crippen molar-refractivity contribution in [2.75, 3.05) is 17.1 Å². The van der Waals surface area contributed by atoms with Crippen LogP contribution < -0.4 is 9.62 Å². The van der Waals surface area contributed by atoms with Crippen molar-refractivity contribution in [1.82, 2.24) is 10.2 Å². The zero-order valence-corrected chi connectivity index (χ0v) is 27.0. The first-order valence-electron chi connectivity index (χ1n) is 13.6. The summed E-state index contributed by atoms with van der Waals surface area (Å²) in [7, 11) is -3.84. The van der Waals surface area contributed by atoms with Gasteiger partial charge in [-0.2, -0.15) is 0 Å². The number of hydrogen-bond donors (Lipinski definition) is 1. The minimum absolute atomic E-state index is 0.0340. The van der Waals surface area contributed by atoms with Crippen molar-refractivity contribution < 1.29 is 18.0 Å². The summed E-state index contributed by atoms with van der Waals surface area (Å²) >= 11 is 3.50. The number of nitrogens with zero attached hydrogens (tertiary/aromatic N) is 2. The van der Waals surface area contributed by atoms with Crippen LogP contribution in [0.1, 0.15) is 57.2 Å². The Morgan fingerprint density at radius 3 is 2.10 bits per heavy atom. The summed E-state index contributed by atoms with van der Waals surface area (Å²) in [6.07, 6.45) is 1.37. The molecule has 0 heterocycles. The van der Waals surface area contributed by atoms with Crippen LogP contribution in [-0.4, -0.2) is 49.5 Å². The predicted octanol–water partition coefficient (Wildman–Crippen LogP) is 5.89. The van der Waals surface area contributed by atoms with Gasteiger partial charge in [0.15, 0.2) is 0 Å². The highest BCUT2D eigenvalue weighted by Crippen LogP contribution is 2.29. The Bertz CT molecular complexity index is 1450. The van der Waals surface area contributed by atoms with E-state index in [9.17, 15) is 18.0 Å². The Hall–Kier alpha value is -3.17. The van der Waals surface area contributed by atoms with Crippen LogP contribution >= 0.6 is 15.9 Å². The number of rotatable bonds is 11. The normalized spacial score (nSPS) is 12.6. The van der Waals surface area contributed by atoms with Gasteiger partial charge in [0.05, 0.1) is 11.9 Å². The van der Waals surface area contributed by atoms with Crippen LogP contribution in [0.4, 0.5) is 5.69 Å². The van der Waals surface area contributed by atoms with Crippen LogP contribution in [0.25, 0.3) is 0 Å². The van der Waals surface area contributed by atoms with Gasteiger partial charge in [-0.1, -0.05) is 90.4 Å². The first kappa shape index (κ1) is 32.3. The predicted molar refractivity (Wildman–Crippen MR) is 169 cm³/mol. The molecule has 0 fully saturated rings. The van der Waals surface area contributed by atoms with Crippen molar-refractivity contribution in [3.05, 3.63) is 100 Å². The molecule has 2 amide bonds. The maximum Gasteiger partial charge on any atom is 0.244 e. The smallest absolute Gasteiger partial charge is 0.244 e. The van der Waals surface area contributed by atoms with E-state index in [0.717, 1.165) is 31.7 Å². The van der Waals surface area contributed by atoms with Crippen LogP contribution in [0.15, 0.2) is 83.3 Å². The summed E-state index contributed by atoms with van der Waals surface area (Å²) in [5.41, 5.74) is 2.43. The molecule has 0 aromatic heterocycles. The van der Waals surface area contributed by atoms with Crippen LogP contribution in [0.3, 0.4) is 0 Å². The zero-order valence-electron chi connectivity index (χ0n) is 24.6. The largest absolute Gasteiger partial charge is 0.350 e. The molecule has 41 heavy (non-hydrogen) atoms. The molecule has 3 aromatic carbocycles. The zero-order chi connectivity index (χ0) is 30.4. The lowest BCUT2D eigenvalue weighted by molar-refractivity contribution is -0.140. The fourth-order valence-electron chi connectivity index (χ4n) is 4.64. The van der Waals surface area contributed by atoms with Gasteiger partial charge in [-0.15, -0.1) is 0 Å². The molecule has 0 aliphatic carbocycles. The summed E-state index contributed by atoms with van der Waals surface area (Å²) < 4.78 is 28.2. The summed E-state index contributed by atoms with van der Waals surface area (Å²) in [5, 5.41) is 3.04. The summed E-state index contributed by atoms with van der Waals surface area (Å²) in [4.78, 5) is 29.6. The molecule has 0 saturated carbocycles. The highest BCUT2D eigenvalue weighted by atomic mass is 79.9. The van der Waals surface area contributed by atoms with Gasteiger partial charge in [0.1, 0.15) is 12.6 Å². The summed E-state index contributed by atoms with van der Waals surface area (Å²) in [6.45, 7) is 9.31. The van der Waals surface area contributed by atoms with E-state index < -0.39 is 34.1 Å². The molecular weight excluding hydrogens is 602 g/mol. The molecule has 0 bridgehead atoms. The molecule has 0 unspecified atom stereocenters. The van der Waals surface area contributed by atoms with Gasteiger partial charge in [-0.3, -0.25) is 13.9 Å². The van der Waals surface area contributed by atoms with Crippen molar-refractivity contribution in [2.24, 2.45) is 0 Å². The molecule has 3 aromatic rings. The van der Waals surface area contributed by atoms with Crippen molar-refractivity contribution >= 4 is 43.5 Å². The lowest BCUT2D eigenvalue weighted by Crippen LogP contribution is -2.56. The van der Waals surface area contributed by atoms with E-state index in [1.165, 1.54) is 4.90 Å². The number of hydrogen-bond acceptors (Lipinski definition) is 4. The lowest BCUT2D eigenvalue weighted by Gasteiger charge is -2.35. The van der Waals surface area contributed by atoms with E-state index in [0.29, 0.717) is 5.69 Å². The minimum atomic E-state index is -3.84. The minimum Gasteiger partial charge on any atom is -0.350 e. The molecule has 9 heteroatoms. The van der Waals surface area contributed by atoms with Gasteiger partial charge in [-0.05, 0) is 61.6 Å². The van der Waals surface area contributed by atoms with E-state index in [1.807, 2.05) is 101 Å². The van der Waals surface area contributed by atoms with Crippen LogP contribution in [0.5, 0.6) is 0 Å². The van der Waals surface area contributed by atoms with Crippen LogP contribution in [-0.2, 0) is 32.6 Å². The van der Waals surface area contributed by atoms with Gasteiger partial charge in [-0.25, -0.2) is 8.42 Å². The van der Waals surface area contributed by atoms with E-state index in [2.05, 4.69) is 21.2 Å². The lowest BCUT2D eigenvalue weighted by atomic mass is 10.00. The number of sulfonamides is 1. The number of amides is 2. The number of carbonyl (C=O) groups excluding carboxylic acids is 2. The second kappa shape index (κ2) is 13.7. The Kier molecular flexibility index (Phi) is 10.8. The number of nitrogens with one attached hydrogen (secondary N) is 1. The Morgan fingerprint density at radius 2 is 1.51 bits per heavy atom. The average molecular weight is 643 g/mol. The Morgan fingerprint density at radius 1 is 0.902 bits per heavy atom. The standard InChI is InChI=1S/C32H40BrN3O4S/c1-23(2)27-17-10-11-18-28(27)36(41(6,39)40)22-30(37)35(21-25-15-12-16-26(33)19-25)29(31(38)34-32(3,4)5)20-24-13-8-7-9-14-24/h7-19,23,29H,20-22H2,1-6H3,(H,34,38)/t29-/m1/s1. The summed E-state index contributed by atoms with van der Waals surface area (Å²) in [6, 6.07) is 23.4. The number of anilines is 1. The van der Waals surface area contributed by atoms with Gasteiger partial charge in [0.2, 0.25) is 21.8 Å². The summed E-state index contributed by atoms with van der Waals surface area (Å²) in [5.74, 6) is -0.746. The molecule has 0 aliphatic heterocycles. The number of para-hydroxylation sites is 1. The maximum absolute atomic E-state index is 14.3. The first-order valence-corrected chi connectivity index (χ1v) is 16.3. The van der Waals surface area contributed by atoms with E-state index in [4.69, 9.17) is 0 Å². The molecular formula is C32H40BrN3O4S. The van der Waals surface area contributed by atoms with E-state index in [-0.39, 0.29) is 24.8 Å². The average Bonchev–Trinajstić information content (AvgIpc) is 2.88. The number of halogens is 1. The monoisotopic (exact) mass is 641 g/mol. The quantitative estimate of drug-likeness (QED) is 0.283. The highest BCUT2D eigenvalue weighted by Gasteiger charge is 2.34. The molecule has 0 saturated heterocycles. The Balaban J connectivity index is 2.11. The van der Waals surface area contributed by atoms with Crippen molar-refractivity contribution in [2.45, 2.75) is 65.1 Å². The van der Waals surface area contributed by atoms with Gasteiger partial charge >= 0.3 is 0 Å². The number of benzene rings is 3. The molecule has 3 rings (SSSR count). The Labute approximate surface area is 253 Å². The third-order valence-corrected chi connectivity index (χ3v) is 8.14. The van der Waals surface area contributed by atoms with Crippen molar-refractivity contribution in [1.29, 1.82) is 0 Å². The number of carbonyl (C=O) groups is 2. The second-order valence-corrected chi connectivity index (χ2v) is 14.4. The van der Waals surface area contributed by atoms with E-state index >= 15 is 0 Å². The highest BCUT2D eigenvalue weighted by molar-refractivity contribution is 9.10. The molecule has 0 radical (unpaired) electrons. The topological polar surface area (TPSA) is 86.8 Å². The van der Waals surface area contributed by atoms with Crippen LogP contribution in [0, 0.1) is 0 Å².